The van der Waals surface area contributed by atoms with Crippen molar-refractivity contribution in [3.8, 4) is 34.5 Å². The first-order valence-corrected chi connectivity index (χ1v) is 8.71. The monoisotopic (exact) mass is 359 g/mol. The van der Waals surface area contributed by atoms with Crippen molar-refractivity contribution in [1.29, 1.82) is 0 Å². The number of aryl methyl sites for hydroxylation is 1. The van der Waals surface area contributed by atoms with E-state index in [1.807, 2.05) is 36.5 Å². The van der Waals surface area contributed by atoms with Crippen molar-refractivity contribution in [1.82, 2.24) is 14.7 Å². The van der Waals surface area contributed by atoms with Gasteiger partial charge < -0.3 is 18.6 Å². The van der Waals surface area contributed by atoms with E-state index in [9.17, 15) is 0 Å². The fourth-order valence-electron chi connectivity index (χ4n) is 3.23. The molecule has 1 aliphatic heterocycles. The topological polar surface area (TPSA) is 62.3 Å². The predicted octanol–water partition coefficient (Wildman–Crippen LogP) is 4.29. The van der Waals surface area contributed by atoms with E-state index in [0.717, 1.165) is 23.6 Å². The highest BCUT2D eigenvalue weighted by Crippen LogP contribution is 2.35. The van der Waals surface area contributed by atoms with Crippen molar-refractivity contribution in [2.75, 3.05) is 6.79 Å². The zero-order valence-electron chi connectivity index (χ0n) is 14.8. The van der Waals surface area contributed by atoms with Gasteiger partial charge in [-0.1, -0.05) is 35.0 Å². The largest absolute Gasteiger partial charge is 0.454 e. The molecule has 0 fully saturated rings. The number of hydrogen-bond donors (Lipinski definition) is 0. The van der Waals surface area contributed by atoms with Crippen LogP contribution in [0.25, 0.3) is 23.0 Å². The third kappa shape index (κ3) is 2.95. The zero-order chi connectivity index (χ0) is 18.2. The Morgan fingerprint density at radius 3 is 2.85 bits per heavy atom. The second-order valence-electron chi connectivity index (χ2n) is 6.50. The molecular formula is C21H17N3O3. The molecule has 0 amide bonds. The molecule has 0 radical (unpaired) electrons. The van der Waals surface area contributed by atoms with Gasteiger partial charge in [0.15, 0.2) is 11.5 Å². The van der Waals surface area contributed by atoms with Crippen LogP contribution in [0.2, 0.25) is 0 Å². The van der Waals surface area contributed by atoms with Crippen LogP contribution in [0.3, 0.4) is 0 Å². The Kier molecular flexibility index (Phi) is 3.67. The Morgan fingerprint density at radius 2 is 1.93 bits per heavy atom. The molecule has 6 nitrogen and oxygen atoms in total. The van der Waals surface area contributed by atoms with Gasteiger partial charge in [0, 0.05) is 18.3 Å². The highest BCUT2D eigenvalue weighted by Gasteiger charge is 2.18. The molecule has 0 atom stereocenters. The van der Waals surface area contributed by atoms with E-state index in [1.54, 1.807) is 0 Å². The molecule has 27 heavy (non-hydrogen) atoms. The summed E-state index contributed by atoms with van der Waals surface area (Å²) in [5.74, 6) is 2.43. The van der Waals surface area contributed by atoms with Crippen molar-refractivity contribution in [2.24, 2.45) is 0 Å². The maximum Gasteiger partial charge on any atom is 0.274 e. The van der Waals surface area contributed by atoms with Crippen molar-refractivity contribution >= 4 is 0 Å². The molecule has 0 aliphatic carbocycles. The fourth-order valence-corrected chi connectivity index (χ4v) is 3.23. The van der Waals surface area contributed by atoms with Crippen LogP contribution >= 0.6 is 0 Å². The second kappa shape index (κ2) is 6.32. The van der Waals surface area contributed by atoms with E-state index in [4.69, 9.17) is 14.0 Å². The first kappa shape index (κ1) is 15.7. The van der Waals surface area contributed by atoms with Crippen molar-refractivity contribution in [3.05, 3.63) is 71.9 Å². The zero-order valence-corrected chi connectivity index (χ0v) is 14.8. The molecule has 2 aromatic heterocycles. The highest BCUT2D eigenvalue weighted by molar-refractivity contribution is 5.63. The van der Waals surface area contributed by atoms with Crippen molar-refractivity contribution in [3.63, 3.8) is 0 Å². The van der Waals surface area contributed by atoms with Crippen LogP contribution in [-0.2, 0) is 6.54 Å². The molecule has 134 valence electrons. The van der Waals surface area contributed by atoms with Gasteiger partial charge in [-0.15, -0.1) is 0 Å². The van der Waals surface area contributed by atoms with Gasteiger partial charge in [0.05, 0.1) is 0 Å². The van der Waals surface area contributed by atoms with Crippen molar-refractivity contribution in [2.45, 2.75) is 13.5 Å². The first-order chi connectivity index (χ1) is 13.3. The number of hydrogen-bond acceptors (Lipinski definition) is 5. The van der Waals surface area contributed by atoms with Crippen LogP contribution in [-0.4, -0.2) is 21.5 Å². The number of ether oxygens (including phenoxy) is 2. The Morgan fingerprint density at radius 1 is 1.00 bits per heavy atom. The summed E-state index contributed by atoms with van der Waals surface area (Å²) in [6.45, 7) is 3.07. The van der Waals surface area contributed by atoms with E-state index < -0.39 is 0 Å². The van der Waals surface area contributed by atoms with Gasteiger partial charge in [0.25, 0.3) is 5.89 Å². The molecule has 5 rings (SSSR count). The Hall–Kier alpha value is -3.54. The molecule has 0 saturated carbocycles. The molecular weight excluding hydrogens is 342 g/mol. The average Bonchev–Trinajstić information content (AvgIpc) is 3.41. The third-order valence-corrected chi connectivity index (χ3v) is 4.54. The molecule has 4 aromatic rings. The lowest BCUT2D eigenvalue weighted by molar-refractivity contribution is 0.174. The quantitative estimate of drug-likeness (QED) is 0.544. The lowest BCUT2D eigenvalue weighted by atomic mass is 10.1. The van der Waals surface area contributed by atoms with Crippen LogP contribution in [0.4, 0.5) is 0 Å². The van der Waals surface area contributed by atoms with Gasteiger partial charge in [0.1, 0.15) is 5.69 Å². The summed E-state index contributed by atoms with van der Waals surface area (Å²) in [5.41, 5.74) is 4.18. The molecule has 0 unspecified atom stereocenters. The normalized spacial score (nSPS) is 12.5. The number of nitrogens with zero attached hydrogens (tertiary/aromatic N) is 3. The van der Waals surface area contributed by atoms with Gasteiger partial charge in [-0.25, -0.2) is 0 Å². The number of fused-ring (bicyclic) bond motifs is 1. The fraction of sp³-hybridized carbons (Fsp3) is 0.143. The number of rotatable bonds is 4. The summed E-state index contributed by atoms with van der Waals surface area (Å²) in [7, 11) is 0. The standard InChI is InChI=1S/C21H17N3O3/c1-14-4-2-5-15(10-14)12-24-9-3-6-17(24)21-22-20(23-27-21)16-7-8-18-19(11-16)26-13-25-18/h2-11H,12-13H2,1H3. The predicted molar refractivity (Wildman–Crippen MR) is 99.6 cm³/mol. The molecule has 3 heterocycles. The summed E-state index contributed by atoms with van der Waals surface area (Å²) in [4.78, 5) is 4.57. The van der Waals surface area contributed by atoms with E-state index in [2.05, 4.69) is 45.9 Å². The second-order valence-corrected chi connectivity index (χ2v) is 6.50. The summed E-state index contributed by atoms with van der Waals surface area (Å²) < 4.78 is 18.4. The maximum atomic E-state index is 5.53. The Bertz CT molecular complexity index is 1110. The van der Waals surface area contributed by atoms with Crippen LogP contribution in [0.1, 0.15) is 11.1 Å². The molecule has 6 heteroatoms. The number of aromatic nitrogens is 3. The van der Waals surface area contributed by atoms with E-state index in [0.29, 0.717) is 17.5 Å². The minimum absolute atomic E-state index is 0.239. The summed E-state index contributed by atoms with van der Waals surface area (Å²) >= 11 is 0. The summed E-state index contributed by atoms with van der Waals surface area (Å²) in [5, 5.41) is 4.13. The van der Waals surface area contributed by atoms with E-state index in [1.165, 1.54) is 11.1 Å². The van der Waals surface area contributed by atoms with E-state index >= 15 is 0 Å². The van der Waals surface area contributed by atoms with Gasteiger partial charge in [-0.05, 0) is 42.8 Å². The molecule has 0 spiro atoms. The van der Waals surface area contributed by atoms with Gasteiger partial charge in [-0.2, -0.15) is 4.98 Å². The number of benzene rings is 2. The SMILES string of the molecule is Cc1cccc(Cn2cccc2-c2nc(-c3ccc4c(c3)OCO4)no2)c1. The molecule has 2 aromatic carbocycles. The van der Waals surface area contributed by atoms with E-state index in [-0.39, 0.29) is 6.79 Å². The summed E-state index contributed by atoms with van der Waals surface area (Å²) in [6, 6.07) is 18.0. The minimum Gasteiger partial charge on any atom is -0.454 e. The van der Waals surface area contributed by atoms with Gasteiger partial charge in [-0.3, -0.25) is 0 Å². The first-order valence-electron chi connectivity index (χ1n) is 8.71. The molecule has 0 N–H and O–H groups in total. The smallest absolute Gasteiger partial charge is 0.274 e. The third-order valence-electron chi connectivity index (χ3n) is 4.54. The van der Waals surface area contributed by atoms with Crippen LogP contribution in [0, 0.1) is 6.92 Å². The van der Waals surface area contributed by atoms with Crippen molar-refractivity contribution < 1.29 is 14.0 Å². The van der Waals surface area contributed by atoms with Crippen LogP contribution in [0.5, 0.6) is 11.5 Å². The van der Waals surface area contributed by atoms with Gasteiger partial charge >= 0.3 is 0 Å². The molecule has 0 saturated heterocycles. The Balaban J connectivity index is 1.44. The Labute approximate surface area is 156 Å². The lowest BCUT2D eigenvalue weighted by Crippen LogP contribution is -2.00. The lowest BCUT2D eigenvalue weighted by Gasteiger charge is -2.07. The minimum atomic E-state index is 0.239. The molecule has 1 aliphatic rings. The van der Waals surface area contributed by atoms with Gasteiger partial charge in [0.2, 0.25) is 12.6 Å². The average molecular weight is 359 g/mol. The van der Waals surface area contributed by atoms with Crippen LogP contribution in [0.15, 0.2) is 65.3 Å². The maximum absolute atomic E-state index is 5.53. The molecule has 0 bridgehead atoms. The highest BCUT2D eigenvalue weighted by atomic mass is 16.7. The van der Waals surface area contributed by atoms with Crippen LogP contribution < -0.4 is 9.47 Å². The summed E-state index contributed by atoms with van der Waals surface area (Å²) in [6.07, 6.45) is 2.02.